The summed E-state index contributed by atoms with van der Waals surface area (Å²) in [4.78, 5) is 24.5. The van der Waals surface area contributed by atoms with Crippen LogP contribution in [-0.2, 0) is 18.8 Å². The number of ether oxygens (including phenoxy) is 1. The van der Waals surface area contributed by atoms with E-state index in [9.17, 15) is 9.59 Å². The lowest BCUT2D eigenvalue weighted by Gasteiger charge is -2.51. The number of unbranched alkanes of at least 4 members (excludes halogenated alkanes) is 2. The van der Waals surface area contributed by atoms with Crippen molar-refractivity contribution >= 4 is 19.0 Å². The molecule has 0 aromatic heterocycles. The number of rotatable bonds is 10. The predicted octanol–water partition coefficient (Wildman–Crippen LogP) is 4.93. The Morgan fingerprint density at radius 3 is 2.28 bits per heavy atom. The molecular weight excluding hydrogens is 405 g/mol. The number of nitrogens with one attached hydrogen (secondary N) is 1. The van der Waals surface area contributed by atoms with Crippen molar-refractivity contribution in [2.24, 2.45) is 0 Å². The molecule has 176 valence electrons. The molecule has 0 spiro atoms. The van der Waals surface area contributed by atoms with Crippen molar-refractivity contribution in [2.45, 2.75) is 102 Å². The molecule has 1 aromatic carbocycles. The van der Waals surface area contributed by atoms with Gasteiger partial charge in [-0.15, -0.1) is 0 Å². The van der Waals surface area contributed by atoms with Gasteiger partial charge < -0.3 is 19.4 Å². The number of benzene rings is 1. The molecule has 0 radical (unpaired) electrons. The summed E-state index contributed by atoms with van der Waals surface area (Å²) in [6, 6.07) is 9.32. The third-order valence-electron chi connectivity index (χ3n) is 7.48. The first-order valence-corrected chi connectivity index (χ1v) is 12.0. The summed E-state index contributed by atoms with van der Waals surface area (Å²) in [6.45, 7) is 10.5. The lowest BCUT2D eigenvalue weighted by atomic mass is 9.42. The standard InChI is InChI=1S/C25H38BNO5/c1-6-30-21(28)15-11-8-12-17-25(26-31-23(2,3)24(4,5)32-26)18-16-20(25)27-22(29)19-13-9-7-10-14-19/h7,9-10,13-14,20H,6,8,11-12,15-18H2,1-5H3,(H,27,29)/t20-,25+/m1/s1. The number of hydrogen-bond acceptors (Lipinski definition) is 5. The highest BCUT2D eigenvalue weighted by Crippen LogP contribution is 2.59. The van der Waals surface area contributed by atoms with E-state index in [1.165, 1.54) is 0 Å². The molecule has 32 heavy (non-hydrogen) atoms. The van der Waals surface area contributed by atoms with Crippen LogP contribution < -0.4 is 5.32 Å². The van der Waals surface area contributed by atoms with Crippen LogP contribution in [0.2, 0.25) is 5.31 Å². The second kappa shape index (κ2) is 9.96. The zero-order chi connectivity index (χ0) is 23.4. The summed E-state index contributed by atoms with van der Waals surface area (Å²) in [6.07, 6.45) is 5.87. The first-order valence-electron chi connectivity index (χ1n) is 12.0. The zero-order valence-electron chi connectivity index (χ0n) is 20.2. The molecule has 1 saturated carbocycles. The van der Waals surface area contributed by atoms with Crippen LogP contribution in [-0.4, -0.2) is 42.8 Å². The average Bonchev–Trinajstić information content (AvgIpc) is 2.95. The van der Waals surface area contributed by atoms with Gasteiger partial charge in [-0.05, 0) is 72.4 Å². The van der Waals surface area contributed by atoms with E-state index in [2.05, 4.69) is 33.0 Å². The molecule has 1 aliphatic carbocycles. The minimum atomic E-state index is -0.418. The third-order valence-corrected chi connectivity index (χ3v) is 7.48. The van der Waals surface area contributed by atoms with E-state index >= 15 is 0 Å². The van der Waals surface area contributed by atoms with Gasteiger partial charge in [0.2, 0.25) is 0 Å². The summed E-state index contributed by atoms with van der Waals surface area (Å²) < 4.78 is 18.0. The molecule has 2 aliphatic rings. The largest absolute Gasteiger partial charge is 0.466 e. The van der Waals surface area contributed by atoms with Crippen LogP contribution in [0, 0.1) is 0 Å². The van der Waals surface area contributed by atoms with Crippen molar-refractivity contribution in [3.8, 4) is 0 Å². The van der Waals surface area contributed by atoms with Crippen LogP contribution in [0.25, 0.3) is 0 Å². The molecule has 1 amide bonds. The monoisotopic (exact) mass is 443 g/mol. The molecule has 2 fully saturated rings. The summed E-state index contributed by atoms with van der Waals surface area (Å²) in [5, 5.41) is 2.99. The number of amides is 1. The summed E-state index contributed by atoms with van der Waals surface area (Å²) in [5.74, 6) is -0.191. The molecule has 0 bridgehead atoms. The number of hydrogen-bond donors (Lipinski definition) is 1. The molecule has 7 heteroatoms. The van der Waals surface area contributed by atoms with Crippen LogP contribution in [0.5, 0.6) is 0 Å². The van der Waals surface area contributed by atoms with Crippen LogP contribution in [0.3, 0.4) is 0 Å². The van der Waals surface area contributed by atoms with Gasteiger partial charge in [-0.25, -0.2) is 0 Å². The normalized spacial score (nSPS) is 25.8. The van der Waals surface area contributed by atoms with Crippen molar-refractivity contribution < 1.29 is 23.6 Å². The molecule has 3 rings (SSSR count). The molecule has 1 N–H and O–H groups in total. The van der Waals surface area contributed by atoms with Crippen LogP contribution in [0.15, 0.2) is 30.3 Å². The number of esters is 1. The molecular formula is C25H38BNO5. The topological polar surface area (TPSA) is 73.9 Å². The first kappa shape index (κ1) is 24.8. The van der Waals surface area contributed by atoms with Gasteiger partial charge in [0.1, 0.15) is 0 Å². The number of carbonyl (C=O) groups is 2. The highest BCUT2D eigenvalue weighted by atomic mass is 16.7. The minimum Gasteiger partial charge on any atom is -0.466 e. The van der Waals surface area contributed by atoms with E-state index < -0.39 is 11.2 Å². The molecule has 0 unspecified atom stereocenters. The molecule has 2 atom stereocenters. The third kappa shape index (κ3) is 5.20. The Morgan fingerprint density at radius 1 is 1.06 bits per heavy atom. The molecule has 1 saturated heterocycles. The van der Waals surface area contributed by atoms with E-state index in [1.54, 1.807) is 0 Å². The fourth-order valence-electron chi connectivity index (χ4n) is 4.62. The Morgan fingerprint density at radius 2 is 1.72 bits per heavy atom. The zero-order valence-corrected chi connectivity index (χ0v) is 20.2. The average molecular weight is 443 g/mol. The predicted molar refractivity (Wildman–Crippen MR) is 125 cm³/mol. The molecule has 1 aliphatic heterocycles. The van der Waals surface area contributed by atoms with Crippen LogP contribution in [0.1, 0.15) is 89.9 Å². The van der Waals surface area contributed by atoms with Gasteiger partial charge in [0, 0.05) is 23.3 Å². The lowest BCUT2D eigenvalue weighted by molar-refractivity contribution is -0.143. The highest BCUT2D eigenvalue weighted by Gasteiger charge is 2.64. The van der Waals surface area contributed by atoms with Gasteiger partial charge in [0.15, 0.2) is 0 Å². The summed E-state index contributed by atoms with van der Waals surface area (Å²) in [7, 11) is -0.368. The Kier molecular flexibility index (Phi) is 7.71. The fraction of sp³-hybridized carbons (Fsp3) is 0.680. The minimum absolute atomic E-state index is 0.00466. The Labute approximate surface area is 192 Å². The highest BCUT2D eigenvalue weighted by molar-refractivity contribution is 6.50. The van der Waals surface area contributed by atoms with E-state index in [-0.39, 0.29) is 30.4 Å². The Bertz CT molecular complexity index is 781. The Hall–Kier alpha value is -1.86. The molecule has 1 aromatic rings. The van der Waals surface area contributed by atoms with Crippen molar-refractivity contribution in [1.29, 1.82) is 0 Å². The van der Waals surface area contributed by atoms with E-state index in [0.29, 0.717) is 18.6 Å². The number of carbonyl (C=O) groups excluding carboxylic acids is 2. The fourth-order valence-corrected chi connectivity index (χ4v) is 4.62. The maximum atomic E-state index is 12.9. The van der Waals surface area contributed by atoms with Gasteiger partial charge >= 0.3 is 13.1 Å². The molecule has 1 heterocycles. The van der Waals surface area contributed by atoms with Gasteiger partial charge in [0.05, 0.1) is 17.8 Å². The van der Waals surface area contributed by atoms with Crippen molar-refractivity contribution in [1.82, 2.24) is 5.32 Å². The van der Waals surface area contributed by atoms with E-state index in [1.807, 2.05) is 37.3 Å². The van der Waals surface area contributed by atoms with Gasteiger partial charge in [-0.1, -0.05) is 31.0 Å². The quantitative estimate of drug-likeness (QED) is 0.316. The SMILES string of the molecule is CCOC(=O)CCCCC[C@]1(B2OC(C)(C)C(C)(C)O2)CC[C@H]1NC(=O)c1ccccc1. The summed E-state index contributed by atoms with van der Waals surface area (Å²) in [5.41, 5.74) is -0.173. The van der Waals surface area contributed by atoms with Gasteiger partial charge in [-0.2, -0.15) is 0 Å². The van der Waals surface area contributed by atoms with Crippen LogP contribution in [0.4, 0.5) is 0 Å². The van der Waals surface area contributed by atoms with Crippen molar-refractivity contribution in [3.05, 3.63) is 35.9 Å². The Balaban J connectivity index is 1.68. The van der Waals surface area contributed by atoms with Crippen molar-refractivity contribution in [2.75, 3.05) is 6.61 Å². The maximum Gasteiger partial charge on any atom is 0.466 e. The van der Waals surface area contributed by atoms with E-state index in [0.717, 1.165) is 38.5 Å². The maximum absolute atomic E-state index is 12.9. The second-order valence-electron chi connectivity index (χ2n) is 10.1. The summed E-state index contributed by atoms with van der Waals surface area (Å²) >= 11 is 0. The van der Waals surface area contributed by atoms with Gasteiger partial charge in [-0.3, -0.25) is 9.59 Å². The van der Waals surface area contributed by atoms with Crippen molar-refractivity contribution in [3.63, 3.8) is 0 Å². The first-order chi connectivity index (χ1) is 15.1. The van der Waals surface area contributed by atoms with Gasteiger partial charge in [0.25, 0.3) is 5.91 Å². The smallest absolute Gasteiger partial charge is 0.466 e. The van der Waals surface area contributed by atoms with E-state index in [4.69, 9.17) is 14.0 Å². The molecule has 6 nitrogen and oxygen atoms in total. The second-order valence-corrected chi connectivity index (χ2v) is 10.1. The lowest BCUT2D eigenvalue weighted by Crippen LogP contribution is -2.58. The van der Waals surface area contributed by atoms with Crippen LogP contribution >= 0.6 is 0 Å².